The first-order chi connectivity index (χ1) is 14.0. The Hall–Kier alpha value is -0.850. The number of aliphatic hydroxyl groups excluding tert-OH is 1. The van der Waals surface area contributed by atoms with Gasteiger partial charge in [-0.1, -0.05) is 37.3 Å². The van der Waals surface area contributed by atoms with Gasteiger partial charge in [0.2, 0.25) is 0 Å². The summed E-state index contributed by atoms with van der Waals surface area (Å²) in [5, 5.41) is 20.5. The number of rotatable bonds is 4. The molecule has 0 saturated heterocycles. The Balaban J connectivity index is 1.61. The summed E-state index contributed by atoms with van der Waals surface area (Å²) in [5.74, 6) is 2.52. The summed E-state index contributed by atoms with van der Waals surface area (Å²) in [6, 6.07) is 0. The van der Waals surface area contributed by atoms with Gasteiger partial charge in [0.05, 0.1) is 17.1 Å². The van der Waals surface area contributed by atoms with Crippen molar-refractivity contribution >= 4 is 0 Å². The van der Waals surface area contributed by atoms with Crippen molar-refractivity contribution in [3.63, 3.8) is 0 Å². The molecule has 3 saturated carbocycles. The van der Waals surface area contributed by atoms with E-state index < -0.39 is 5.60 Å². The van der Waals surface area contributed by atoms with Crippen LogP contribution in [0, 0.1) is 41.1 Å². The van der Waals surface area contributed by atoms with Crippen LogP contribution in [-0.4, -0.2) is 27.5 Å². The Labute approximate surface area is 184 Å². The lowest BCUT2D eigenvalue weighted by Crippen LogP contribution is -2.55. The van der Waals surface area contributed by atoms with Crippen LogP contribution in [0.1, 0.15) is 98.8 Å². The van der Waals surface area contributed by atoms with E-state index in [0.29, 0.717) is 11.8 Å². The monoisotopic (exact) mass is 414 g/mol. The molecule has 0 aromatic heterocycles. The maximum Gasteiger partial charge on any atom is 0.288 e. The minimum Gasteiger partial charge on any atom is -0.393 e. The molecule has 0 heterocycles. The summed E-state index contributed by atoms with van der Waals surface area (Å²) >= 11 is 0. The molecule has 0 aromatic carbocycles. The predicted molar refractivity (Wildman–Crippen MR) is 123 cm³/mol. The van der Waals surface area contributed by atoms with Crippen molar-refractivity contribution in [3.8, 4) is 6.57 Å². The van der Waals surface area contributed by atoms with Gasteiger partial charge in [-0.15, -0.1) is 0 Å². The second-order valence-electron chi connectivity index (χ2n) is 12.5. The van der Waals surface area contributed by atoms with Gasteiger partial charge in [-0.05, 0) is 94.8 Å². The van der Waals surface area contributed by atoms with Gasteiger partial charge < -0.3 is 10.2 Å². The Bertz CT molecular complexity index is 745. The number of aliphatic hydroxyl groups is 2. The van der Waals surface area contributed by atoms with Gasteiger partial charge in [-0.3, -0.25) is 0 Å². The lowest BCUT2D eigenvalue weighted by atomic mass is 9.46. The second kappa shape index (κ2) is 7.35. The highest BCUT2D eigenvalue weighted by molar-refractivity contribution is 5.28. The molecule has 0 aliphatic heterocycles. The lowest BCUT2D eigenvalue weighted by Gasteiger charge is -2.57. The zero-order chi connectivity index (χ0) is 21.9. The fourth-order valence-corrected chi connectivity index (χ4v) is 8.65. The normalized spacial score (nSPS) is 46.8. The summed E-state index contributed by atoms with van der Waals surface area (Å²) in [6.07, 6.45) is 13.1. The Morgan fingerprint density at radius 2 is 1.87 bits per heavy atom. The standard InChI is InChI=1S/C27H44NO2/c1-18(9-13-24(2,3)30)27(28-6)16-12-23-21-8-7-19-17-20(29)10-14-25(19,4)22(21)11-15-26(23,27)5/h6-7,18,20-23,29-30H,8-17H2,1-5H3/q+1. The van der Waals surface area contributed by atoms with E-state index in [-0.39, 0.29) is 22.5 Å². The molecule has 0 amide bonds. The van der Waals surface area contributed by atoms with Crippen molar-refractivity contribution in [2.45, 2.75) is 116 Å². The molecule has 4 aliphatic carbocycles. The van der Waals surface area contributed by atoms with Gasteiger partial charge in [0, 0.05) is 12.3 Å². The molecule has 2 N–H and O–H groups in total. The molecular formula is C27H44NO2+. The number of allylic oxidation sites excluding steroid dienone is 1. The molecule has 8 unspecified atom stereocenters. The van der Waals surface area contributed by atoms with Crippen molar-refractivity contribution in [3.05, 3.63) is 16.5 Å². The van der Waals surface area contributed by atoms with Crippen LogP contribution in [0.15, 0.2) is 11.6 Å². The average Bonchev–Trinajstić information content (AvgIpc) is 2.99. The summed E-state index contributed by atoms with van der Waals surface area (Å²) in [4.78, 5) is 4.69. The Morgan fingerprint density at radius 3 is 2.53 bits per heavy atom. The number of hydrogen-bond donors (Lipinski definition) is 2. The topological polar surface area (TPSA) is 44.8 Å². The highest BCUT2D eigenvalue weighted by Gasteiger charge is 2.71. The van der Waals surface area contributed by atoms with Crippen LogP contribution in [0.2, 0.25) is 0 Å². The van der Waals surface area contributed by atoms with E-state index in [0.717, 1.165) is 50.4 Å². The van der Waals surface area contributed by atoms with Crippen molar-refractivity contribution in [1.29, 1.82) is 0 Å². The maximum atomic E-state index is 10.3. The van der Waals surface area contributed by atoms with Crippen LogP contribution in [0.25, 0.3) is 4.85 Å². The first-order valence-electron chi connectivity index (χ1n) is 12.5. The molecule has 0 spiro atoms. The lowest BCUT2D eigenvalue weighted by molar-refractivity contribution is -0.0585. The van der Waals surface area contributed by atoms with Crippen LogP contribution < -0.4 is 0 Å². The predicted octanol–water partition coefficient (Wildman–Crippen LogP) is 6.20. The van der Waals surface area contributed by atoms with E-state index in [4.69, 9.17) is 11.4 Å². The van der Waals surface area contributed by atoms with Gasteiger partial charge in [0.15, 0.2) is 0 Å². The maximum absolute atomic E-state index is 10.3. The Morgan fingerprint density at radius 1 is 1.17 bits per heavy atom. The molecule has 3 heteroatoms. The van der Waals surface area contributed by atoms with Gasteiger partial charge >= 0.3 is 0 Å². The number of fused-ring (bicyclic) bond motifs is 5. The van der Waals surface area contributed by atoms with Crippen molar-refractivity contribution < 1.29 is 10.2 Å². The smallest absolute Gasteiger partial charge is 0.288 e. The highest BCUT2D eigenvalue weighted by Crippen LogP contribution is 2.69. The van der Waals surface area contributed by atoms with E-state index in [1.54, 1.807) is 0 Å². The van der Waals surface area contributed by atoms with Gasteiger partial charge in [-0.2, -0.15) is 0 Å². The molecule has 8 atom stereocenters. The first kappa shape index (κ1) is 22.3. The largest absolute Gasteiger partial charge is 0.393 e. The van der Waals surface area contributed by atoms with Crippen molar-refractivity contribution in [2.24, 2.45) is 34.5 Å². The van der Waals surface area contributed by atoms with E-state index >= 15 is 0 Å². The summed E-state index contributed by atoms with van der Waals surface area (Å²) in [7, 11) is 0. The fraction of sp³-hybridized carbons (Fsp3) is 0.889. The summed E-state index contributed by atoms with van der Waals surface area (Å²) in [5.41, 5.74) is 1.17. The SMILES string of the molecule is C#[N+]C1(C(C)CCC(C)(C)O)CCC2C3CC=C4CC(O)CCC4(C)C3CCC21C. The zero-order valence-electron chi connectivity index (χ0n) is 20.0. The van der Waals surface area contributed by atoms with Crippen molar-refractivity contribution in [2.75, 3.05) is 0 Å². The van der Waals surface area contributed by atoms with E-state index in [2.05, 4.69) is 26.8 Å². The molecule has 30 heavy (non-hydrogen) atoms. The molecule has 3 fully saturated rings. The van der Waals surface area contributed by atoms with Crippen LogP contribution in [0.4, 0.5) is 0 Å². The Kier molecular flexibility index (Phi) is 5.47. The van der Waals surface area contributed by atoms with E-state index in [1.807, 2.05) is 13.8 Å². The summed E-state index contributed by atoms with van der Waals surface area (Å²) < 4.78 is 0. The molecular weight excluding hydrogens is 370 g/mol. The number of hydrogen-bond acceptors (Lipinski definition) is 2. The van der Waals surface area contributed by atoms with E-state index in [1.165, 1.54) is 31.3 Å². The molecule has 0 bridgehead atoms. The zero-order valence-corrected chi connectivity index (χ0v) is 20.0. The highest BCUT2D eigenvalue weighted by atomic mass is 16.3. The van der Waals surface area contributed by atoms with Crippen LogP contribution in [-0.2, 0) is 0 Å². The van der Waals surface area contributed by atoms with Gasteiger partial charge in [0.25, 0.3) is 12.1 Å². The third kappa shape index (κ3) is 3.20. The molecule has 0 aromatic rings. The third-order valence-electron chi connectivity index (χ3n) is 10.5. The number of nitrogens with zero attached hydrogens (tertiary/aromatic N) is 1. The second-order valence-corrected chi connectivity index (χ2v) is 12.5. The molecule has 3 nitrogen and oxygen atoms in total. The minimum absolute atomic E-state index is 0.137. The minimum atomic E-state index is -0.634. The van der Waals surface area contributed by atoms with Gasteiger partial charge in [-0.25, -0.2) is 0 Å². The molecule has 4 rings (SSSR count). The van der Waals surface area contributed by atoms with E-state index in [9.17, 15) is 10.2 Å². The van der Waals surface area contributed by atoms with Crippen molar-refractivity contribution in [1.82, 2.24) is 0 Å². The van der Waals surface area contributed by atoms with Gasteiger partial charge in [0.1, 0.15) is 0 Å². The average molecular weight is 415 g/mol. The van der Waals surface area contributed by atoms with Crippen LogP contribution in [0.3, 0.4) is 0 Å². The fourth-order valence-electron chi connectivity index (χ4n) is 8.65. The van der Waals surface area contributed by atoms with Crippen LogP contribution in [0.5, 0.6) is 0 Å². The summed E-state index contributed by atoms with van der Waals surface area (Å²) in [6.45, 7) is 17.4. The molecule has 4 aliphatic rings. The molecule has 168 valence electrons. The third-order valence-corrected chi connectivity index (χ3v) is 10.5. The quantitative estimate of drug-likeness (QED) is 0.538. The molecule has 0 radical (unpaired) electrons. The first-order valence-corrected chi connectivity index (χ1v) is 12.5. The van der Waals surface area contributed by atoms with Crippen LogP contribution >= 0.6 is 0 Å².